The number of unbranched alkanes of at least 4 members (excludes halogenated alkanes) is 1. The fourth-order valence-corrected chi connectivity index (χ4v) is 1.28. The van der Waals surface area contributed by atoms with Crippen LogP contribution in [0.4, 0.5) is 0 Å². The fourth-order valence-electron chi connectivity index (χ4n) is 1.28. The molecule has 1 unspecified atom stereocenters. The molecule has 1 aromatic heterocycles. The van der Waals surface area contributed by atoms with E-state index in [0.29, 0.717) is 24.6 Å². The molecule has 0 saturated heterocycles. The largest absolute Gasteiger partial charge is 0.370 e. The second-order valence-corrected chi connectivity index (χ2v) is 3.81. The van der Waals surface area contributed by atoms with Crippen molar-refractivity contribution in [3.05, 3.63) is 11.7 Å². The molecule has 88 valence electrons. The molecule has 0 aliphatic heterocycles. The van der Waals surface area contributed by atoms with E-state index in [9.17, 15) is 0 Å². The van der Waals surface area contributed by atoms with Crippen LogP contribution in [0.25, 0.3) is 0 Å². The van der Waals surface area contributed by atoms with Crippen LogP contribution in [-0.4, -0.2) is 17.3 Å². The highest BCUT2D eigenvalue weighted by molar-refractivity contribution is 4.99. The summed E-state index contributed by atoms with van der Waals surface area (Å²) in [4.78, 5) is 4.28. The van der Waals surface area contributed by atoms with Crippen molar-refractivity contribution in [2.24, 2.45) is 0 Å². The lowest BCUT2D eigenvalue weighted by molar-refractivity contribution is -0.0106. The molecule has 1 rings (SSSR count). The van der Waals surface area contributed by atoms with Crippen LogP contribution in [0.1, 0.15) is 44.8 Å². The number of methoxy groups -OCH3 is 1. The number of aryl methyl sites for hydroxylation is 1. The van der Waals surface area contributed by atoms with Crippen molar-refractivity contribution >= 4 is 0 Å². The average molecular weight is 223 g/mol. The van der Waals surface area contributed by atoms with Gasteiger partial charge < -0.3 is 9.26 Å². The Morgan fingerprint density at radius 1 is 1.56 bits per heavy atom. The predicted molar refractivity (Wildman–Crippen MR) is 57.5 cm³/mol. The fraction of sp³-hybridized carbons (Fsp3) is 0.727. The smallest absolute Gasteiger partial charge is 0.226 e. The number of aromatic nitrogens is 2. The number of nitrogens with zero attached hydrogens (tertiary/aromatic N) is 3. The number of nitriles is 1. The molecule has 5 nitrogen and oxygen atoms in total. The molecule has 0 aliphatic rings. The third-order valence-electron chi connectivity index (χ3n) is 2.75. The first-order valence-electron chi connectivity index (χ1n) is 5.41. The van der Waals surface area contributed by atoms with Crippen LogP contribution in [-0.2, 0) is 16.8 Å². The van der Waals surface area contributed by atoms with Gasteiger partial charge in [0.05, 0.1) is 6.07 Å². The highest BCUT2D eigenvalue weighted by atomic mass is 16.5. The van der Waals surface area contributed by atoms with Crippen molar-refractivity contribution in [3.8, 4) is 6.07 Å². The van der Waals surface area contributed by atoms with E-state index < -0.39 is 5.60 Å². The summed E-state index contributed by atoms with van der Waals surface area (Å²) in [6.45, 7) is 3.94. The lowest BCUT2D eigenvalue weighted by atomic mass is 10.0. The standard InChI is InChI=1S/C11H17N3O2/c1-4-11(2,15-3)10-13-9(16-14-10)7-5-6-8-12/h4-7H2,1-3H3. The number of ether oxygens (including phenoxy) is 1. The van der Waals surface area contributed by atoms with E-state index in [-0.39, 0.29) is 0 Å². The van der Waals surface area contributed by atoms with E-state index in [0.717, 1.165) is 12.8 Å². The summed E-state index contributed by atoms with van der Waals surface area (Å²) in [7, 11) is 1.63. The highest BCUT2D eigenvalue weighted by Gasteiger charge is 2.29. The van der Waals surface area contributed by atoms with Gasteiger partial charge in [-0.15, -0.1) is 0 Å². The summed E-state index contributed by atoms with van der Waals surface area (Å²) < 4.78 is 10.5. The zero-order valence-electron chi connectivity index (χ0n) is 9.99. The summed E-state index contributed by atoms with van der Waals surface area (Å²) >= 11 is 0. The van der Waals surface area contributed by atoms with Crippen LogP contribution in [0.5, 0.6) is 0 Å². The first kappa shape index (κ1) is 12.7. The number of hydrogen-bond donors (Lipinski definition) is 0. The summed E-state index contributed by atoms with van der Waals surface area (Å²) in [6.07, 6.45) is 2.67. The van der Waals surface area contributed by atoms with Crippen LogP contribution in [0.3, 0.4) is 0 Å². The molecule has 0 spiro atoms. The minimum absolute atomic E-state index is 0.489. The summed E-state index contributed by atoms with van der Waals surface area (Å²) in [5.41, 5.74) is -0.489. The van der Waals surface area contributed by atoms with Gasteiger partial charge in [-0.3, -0.25) is 0 Å². The molecule has 0 amide bonds. The summed E-state index contributed by atoms with van der Waals surface area (Å²) in [6, 6.07) is 2.08. The van der Waals surface area contributed by atoms with Gasteiger partial charge in [-0.25, -0.2) is 0 Å². The third-order valence-corrected chi connectivity index (χ3v) is 2.75. The van der Waals surface area contributed by atoms with Crippen molar-refractivity contribution in [1.82, 2.24) is 10.1 Å². The van der Waals surface area contributed by atoms with Gasteiger partial charge in [0.2, 0.25) is 11.7 Å². The monoisotopic (exact) mass is 223 g/mol. The minimum Gasteiger partial charge on any atom is -0.370 e. The Morgan fingerprint density at radius 3 is 2.88 bits per heavy atom. The minimum atomic E-state index is -0.489. The zero-order valence-corrected chi connectivity index (χ0v) is 9.99. The van der Waals surface area contributed by atoms with Crippen molar-refractivity contribution in [1.29, 1.82) is 5.26 Å². The Balaban J connectivity index is 2.67. The molecule has 0 N–H and O–H groups in total. The maximum atomic E-state index is 8.42. The molecule has 5 heteroatoms. The van der Waals surface area contributed by atoms with Crippen molar-refractivity contribution in [2.45, 2.75) is 45.1 Å². The van der Waals surface area contributed by atoms with E-state index in [1.807, 2.05) is 13.8 Å². The maximum absolute atomic E-state index is 8.42. The molecule has 0 aliphatic carbocycles. The summed E-state index contributed by atoms with van der Waals surface area (Å²) in [5.74, 6) is 1.14. The topological polar surface area (TPSA) is 71.9 Å². The van der Waals surface area contributed by atoms with Crippen molar-refractivity contribution < 1.29 is 9.26 Å². The van der Waals surface area contributed by atoms with Gasteiger partial charge in [-0.1, -0.05) is 12.1 Å². The Labute approximate surface area is 95.4 Å². The molecule has 1 aromatic rings. The normalized spacial score (nSPS) is 14.4. The van der Waals surface area contributed by atoms with Crippen LogP contribution < -0.4 is 0 Å². The van der Waals surface area contributed by atoms with Gasteiger partial charge in [-0.2, -0.15) is 10.2 Å². The lowest BCUT2D eigenvalue weighted by Crippen LogP contribution is -2.24. The van der Waals surface area contributed by atoms with E-state index in [1.54, 1.807) is 7.11 Å². The molecular weight excluding hydrogens is 206 g/mol. The molecule has 16 heavy (non-hydrogen) atoms. The van der Waals surface area contributed by atoms with Crippen LogP contribution >= 0.6 is 0 Å². The number of hydrogen-bond acceptors (Lipinski definition) is 5. The van der Waals surface area contributed by atoms with Crippen molar-refractivity contribution in [2.75, 3.05) is 7.11 Å². The Kier molecular flexibility index (Phi) is 4.44. The second-order valence-electron chi connectivity index (χ2n) is 3.81. The Morgan fingerprint density at radius 2 is 2.31 bits per heavy atom. The third kappa shape index (κ3) is 2.80. The molecule has 0 fully saturated rings. The highest BCUT2D eigenvalue weighted by Crippen LogP contribution is 2.25. The van der Waals surface area contributed by atoms with E-state index in [2.05, 4.69) is 16.2 Å². The lowest BCUT2D eigenvalue weighted by Gasteiger charge is -2.21. The molecule has 1 atom stereocenters. The second kappa shape index (κ2) is 5.61. The Hall–Kier alpha value is -1.41. The average Bonchev–Trinajstić information content (AvgIpc) is 2.78. The molecular formula is C11H17N3O2. The SMILES string of the molecule is CCC(C)(OC)c1noc(CCCC#N)n1. The number of rotatable bonds is 6. The van der Waals surface area contributed by atoms with Gasteiger partial charge in [0.25, 0.3) is 0 Å². The Bertz CT molecular complexity index is 364. The van der Waals surface area contributed by atoms with Gasteiger partial charge in [0.1, 0.15) is 5.60 Å². The molecule has 0 radical (unpaired) electrons. The maximum Gasteiger partial charge on any atom is 0.226 e. The predicted octanol–water partition coefficient (Wildman–Crippen LogP) is 2.19. The molecule has 0 bridgehead atoms. The first-order chi connectivity index (χ1) is 7.66. The first-order valence-corrected chi connectivity index (χ1v) is 5.41. The van der Waals surface area contributed by atoms with Crippen LogP contribution in [0, 0.1) is 11.3 Å². The molecule has 1 heterocycles. The molecule has 0 aromatic carbocycles. The van der Waals surface area contributed by atoms with Crippen LogP contribution in [0.2, 0.25) is 0 Å². The summed E-state index contributed by atoms with van der Waals surface area (Å²) in [5, 5.41) is 12.3. The van der Waals surface area contributed by atoms with Gasteiger partial charge in [0, 0.05) is 20.0 Å². The van der Waals surface area contributed by atoms with Crippen LogP contribution in [0.15, 0.2) is 4.52 Å². The molecule has 0 saturated carbocycles. The van der Waals surface area contributed by atoms with Gasteiger partial charge in [0.15, 0.2) is 0 Å². The quantitative estimate of drug-likeness (QED) is 0.691. The van der Waals surface area contributed by atoms with Gasteiger partial charge >= 0.3 is 0 Å². The van der Waals surface area contributed by atoms with E-state index >= 15 is 0 Å². The van der Waals surface area contributed by atoms with Crippen molar-refractivity contribution in [3.63, 3.8) is 0 Å². The van der Waals surface area contributed by atoms with E-state index in [1.165, 1.54) is 0 Å². The zero-order chi connectivity index (χ0) is 12.0. The van der Waals surface area contributed by atoms with Gasteiger partial charge in [-0.05, 0) is 19.8 Å². The van der Waals surface area contributed by atoms with E-state index in [4.69, 9.17) is 14.5 Å².